The lowest BCUT2D eigenvalue weighted by Crippen LogP contribution is -2.36. The number of aromatic nitrogens is 2. The topological polar surface area (TPSA) is 19.7 Å². The molecule has 22 heavy (non-hydrogen) atoms. The van der Waals surface area contributed by atoms with Gasteiger partial charge in [-0.1, -0.05) is 72.1 Å². The van der Waals surface area contributed by atoms with Gasteiger partial charge in [-0.25, -0.2) is 9.55 Å². The highest BCUT2D eigenvalue weighted by Crippen LogP contribution is 2.10. The molecular formula is C20H39N2+. The van der Waals surface area contributed by atoms with Gasteiger partial charge in [0.2, 0.25) is 0 Å². The molecule has 0 aliphatic rings. The van der Waals surface area contributed by atoms with Crippen LogP contribution in [0.15, 0.2) is 12.4 Å². The number of nitrogens with zero attached hydrogens (tertiary/aromatic N) is 1. The van der Waals surface area contributed by atoms with Gasteiger partial charge in [0.05, 0.1) is 6.54 Å². The second-order valence-corrected chi connectivity index (χ2v) is 7.21. The third kappa shape index (κ3) is 9.27. The van der Waals surface area contributed by atoms with Crippen LogP contribution in [0.25, 0.3) is 0 Å². The Morgan fingerprint density at radius 2 is 1.59 bits per heavy atom. The van der Waals surface area contributed by atoms with Gasteiger partial charge in [0, 0.05) is 6.42 Å². The van der Waals surface area contributed by atoms with Gasteiger partial charge in [0.15, 0.2) is 0 Å². The van der Waals surface area contributed by atoms with Crippen molar-refractivity contribution >= 4 is 0 Å². The zero-order valence-corrected chi connectivity index (χ0v) is 15.4. The fraction of sp³-hybridized carbons (Fsp3) is 0.850. The number of imidazole rings is 1. The van der Waals surface area contributed by atoms with E-state index in [9.17, 15) is 0 Å². The summed E-state index contributed by atoms with van der Waals surface area (Å²) in [6.07, 6.45) is 20.8. The van der Waals surface area contributed by atoms with Crippen molar-refractivity contribution in [3.63, 3.8) is 0 Å². The normalized spacial score (nSPS) is 11.5. The van der Waals surface area contributed by atoms with Crippen LogP contribution in [-0.4, -0.2) is 4.98 Å². The first-order valence-electron chi connectivity index (χ1n) is 9.79. The van der Waals surface area contributed by atoms with Crippen molar-refractivity contribution in [2.75, 3.05) is 0 Å². The Labute approximate surface area is 138 Å². The molecule has 128 valence electrons. The molecule has 0 unspecified atom stereocenters. The number of aromatic amines is 1. The molecule has 1 heterocycles. The molecule has 0 aromatic carbocycles. The lowest BCUT2D eigenvalue weighted by Gasteiger charge is -2.04. The first-order chi connectivity index (χ1) is 10.7. The largest absolute Gasteiger partial charge is 0.254 e. The number of unbranched alkanes of at least 4 members (excludes halogenated alkanes) is 8. The minimum Gasteiger partial charge on any atom is -0.248 e. The average Bonchev–Trinajstić information content (AvgIpc) is 2.94. The molecule has 2 heteroatoms. The predicted octanol–water partition coefficient (Wildman–Crippen LogP) is 5.81. The minimum absolute atomic E-state index is 0.841. The number of H-pyrrole nitrogens is 1. The fourth-order valence-electron chi connectivity index (χ4n) is 3.08. The van der Waals surface area contributed by atoms with Crippen molar-refractivity contribution in [1.29, 1.82) is 0 Å². The van der Waals surface area contributed by atoms with Gasteiger partial charge in [-0.05, 0) is 25.2 Å². The van der Waals surface area contributed by atoms with Crippen LogP contribution in [0.1, 0.15) is 97.2 Å². The van der Waals surface area contributed by atoms with Gasteiger partial charge in [-0.15, -0.1) is 0 Å². The smallest absolute Gasteiger partial charge is 0.248 e. The van der Waals surface area contributed by atoms with Crippen molar-refractivity contribution in [1.82, 2.24) is 4.98 Å². The number of aryl methyl sites for hydroxylation is 2. The Morgan fingerprint density at radius 1 is 0.909 bits per heavy atom. The van der Waals surface area contributed by atoms with E-state index in [0.29, 0.717) is 0 Å². The maximum atomic E-state index is 3.43. The van der Waals surface area contributed by atoms with Crippen LogP contribution in [0, 0.1) is 5.92 Å². The van der Waals surface area contributed by atoms with Crippen molar-refractivity contribution in [3.8, 4) is 0 Å². The van der Waals surface area contributed by atoms with Crippen LogP contribution in [0.4, 0.5) is 0 Å². The molecule has 1 N–H and O–H groups in total. The van der Waals surface area contributed by atoms with Crippen LogP contribution in [0.5, 0.6) is 0 Å². The van der Waals surface area contributed by atoms with Crippen molar-refractivity contribution < 1.29 is 4.57 Å². The average molecular weight is 308 g/mol. The summed E-state index contributed by atoms with van der Waals surface area (Å²) in [5.41, 5.74) is 0. The van der Waals surface area contributed by atoms with E-state index < -0.39 is 0 Å². The zero-order valence-electron chi connectivity index (χ0n) is 15.4. The highest BCUT2D eigenvalue weighted by atomic mass is 15.1. The Kier molecular flexibility index (Phi) is 11.1. The van der Waals surface area contributed by atoms with E-state index in [4.69, 9.17) is 0 Å². The summed E-state index contributed by atoms with van der Waals surface area (Å²) in [5.74, 6) is 2.26. The molecule has 0 saturated carbocycles. The number of nitrogens with one attached hydrogen (secondary N) is 1. The van der Waals surface area contributed by atoms with E-state index in [2.05, 4.69) is 42.7 Å². The molecule has 0 bridgehead atoms. The number of hydrogen-bond donors (Lipinski definition) is 1. The summed E-state index contributed by atoms with van der Waals surface area (Å²) in [5, 5.41) is 0. The molecule has 0 spiro atoms. The molecule has 1 rings (SSSR count). The third-order valence-electron chi connectivity index (χ3n) is 4.55. The Balaban J connectivity index is 2.07. The van der Waals surface area contributed by atoms with E-state index in [1.807, 2.05) is 0 Å². The molecule has 2 nitrogen and oxygen atoms in total. The quantitative estimate of drug-likeness (QED) is 0.330. The van der Waals surface area contributed by atoms with E-state index in [1.54, 1.807) is 0 Å². The van der Waals surface area contributed by atoms with E-state index in [-0.39, 0.29) is 0 Å². The molecule has 0 radical (unpaired) electrons. The first kappa shape index (κ1) is 19.3. The van der Waals surface area contributed by atoms with Crippen molar-refractivity contribution in [3.05, 3.63) is 18.2 Å². The van der Waals surface area contributed by atoms with E-state index in [0.717, 1.165) is 5.92 Å². The SMILES string of the molecule is CCCCCCCCCC[n+]1cc[nH]c1CCCCC(C)C. The standard InChI is InChI=1S/C20H38N2/c1-4-5-6-7-8-9-10-13-17-22-18-16-21-20(22)15-12-11-14-19(2)3/h16,18-19H,4-15,17H2,1-3H3/p+1. The number of rotatable bonds is 14. The summed E-state index contributed by atoms with van der Waals surface area (Å²) in [7, 11) is 0. The highest BCUT2D eigenvalue weighted by Gasteiger charge is 2.09. The Bertz CT molecular complexity index is 354. The zero-order chi connectivity index (χ0) is 16.0. The molecule has 0 amide bonds. The summed E-state index contributed by atoms with van der Waals surface area (Å²) < 4.78 is 2.44. The van der Waals surface area contributed by atoms with E-state index >= 15 is 0 Å². The second kappa shape index (κ2) is 12.7. The molecule has 0 aliphatic carbocycles. The van der Waals surface area contributed by atoms with Crippen molar-refractivity contribution in [2.24, 2.45) is 5.92 Å². The monoisotopic (exact) mass is 307 g/mol. The van der Waals surface area contributed by atoms with Crippen LogP contribution < -0.4 is 4.57 Å². The summed E-state index contributed by atoms with van der Waals surface area (Å²) in [4.78, 5) is 3.43. The van der Waals surface area contributed by atoms with E-state index in [1.165, 1.54) is 89.4 Å². The van der Waals surface area contributed by atoms with Crippen LogP contribution in [-0.2, 0) is 13.0 Å². The van der Waals surface area contributed by atoms with Gasteiger partial charge in [-0.2, -0.15) is 0 Å². The van der Waals surface area contributed by atoms with Crippen molar-refractivity contribution in [2.45, 2.75) is 104 Å². The molecule has 0 saturated heterocycles. The summed E-state index contributed by atoms with van der Waals surface area (Å²) >= 11 is 0. The lowest BCUT2D eigenvalue weighted by atomic mass is 10.1. The lowest BCUT2D eigenvalue weighted by molar-refractivity contribution is -0.703. The second-order valence-electron chi connectivity index (χ2n) is 7.21. The molecule has 1 aromatic rings. The van der Waals surface area contributed by atoms with Crippen LogP contribution in [0.2, 0.25) is 0 Å². The van der Waals surface area contributed by atoms with Gasteiger partial charge in [0.1, 0.15) is 12.4 Å². The third-order valence-corrected chi connectivity index (χ3v) is 4.55. The summed E-state index contributed by atoms with van der Waals surface area (Å²) in [6, 6.07) is 0. The molecule has 0 atom stereocenters. The van der Waals surface area contributed by atoms with Gasteiger partial charge < -0.3 is 0 Å². The minimum atomic E-state index is 0.841. The number of hydrogen-bond acceptors (Lipinski definition) is 0. The molecule has 0 aliphatic heterocycles. The molecule has 0 fully saturated rings. The molecular weight excluding hydrogens is 268 g/mol. The fourth-order valence-corrected chi connectivity index (χ4v) is 3.08. The Morgan fingerprint density at radius 3 is 2.27 bits per heavy atom. The van der Waals surface area contributed by atoms with Gasteiger partial charge in [-0.3, -0.25) is 0 Å². The Hall–Kier alpha value is -0.790. The maximum absolute atomic E-state index is 3.43. The first-order valence-corrected chi connectivity index (χ1v) is 9.79. The maximum Gasteiger partial charge on any atom is 0.254 e. The summed E-state index contributed by atoms with van der Waals surface area (Å²) in [6.45, 7) is 8.11. The van der Waals surface area contributed by atoms with Gasteiger partial charge in [0.25, 0.3) is 5.82 Å². The highest BCUT2D eigenvalue weighted by molar-refractivity contribution is 4.77. The van der Waals surface area contributed by atoms with Crippen LogP contribution in [0.3, 0.4) is 0 Å². The van der Waals surface area contributed by atoms with Gasteiger partial charge >= 0.3 is 0 Å². The van der Waals surface area contributed by atoms with Crippen LogP contribution >= 0.6 is 0 Å². The predicted molar refractivity (Wildman–Crippen MR) is 96.0 cm³/mol. The molecule has 1 aromatic heterocycles.